The zero-order chi connectivity index (χ0) is 22.0. The number of nitrogens with one attached hydrogen (secondary N) is 1. The lowest BCUT2D eigenvalue weighted by molar-refractivity contribution is -0.125. The number of ether oxygens (including phenoxy) is 1. The summed E-state index contributed by atoms with van der Waals surface area (Å²) in [5.74, 6) is 1.60. The smallest absolute Gasteiger partial charge is 0.237 e. The van der Waals surface area contributed by atoms with Gasteiger partial charge in [-0.3, -0.25) is 9.69 Å². The van der Waals surface area contributed by atoms with Crippen molar-refractivity contribution in [2.24, 2.45) is 0 Å². The molecule has 0 aromatic carbocycles. The molecule has 1 atom stereocenters. The summed E-state index contributed by atoms with van der Waals surface area (Å²) in [4.78, 5) is 35.2. The van der Waals surface area contributed by atoms with Crippen LogP contribution in [0.3, 0.4) is 0 Å². The first kappa shape index (κ1) is 21.3. The van der Waals surface area contributed by atoms with Crippen molar-refractivity contribution in [2.75, 3.05) is 51.0 Å². The van der Waals surface area contributed by atoms with E-state index in [0.29, 0.717) is 31.1 Å². The molecule has 0 radical (unpaired) electrons. The Morgan fingerprint density at radius 3 is 2.68 bits per heavy atom. The second kappa shape index (κ2) is 9.08. The molecule has 11 heteroatoms. The van der Waals surface area contributed by atoms with Gasteiger partial charge in [0.05, 0.1) is 41.6 Å². The number of thiophene rings is 1. The number of amides is 1. The van der Waals surface area contributed by atoms with Crippen molar-refractivity contribution < 1.29 is 9.53 Å². The number of aromatic nitrogens is 4. The summed E-state index contributed by atoms with van der Waals surface area (Å²) in [6.07, 6.45) is 3.26. The number of rotatable bonds is 6. The van der Waals surface area contributed by atoms with Crippen LogP contribution < -0.4 is 16.0 Å². The molecule has 1 unspecified atom stereocenters. The number of hydrogen-bond donors (Lipinski definition) is 2. The number of anilines is 2. The number of hydrogen-bond acceptors (Lipinski definition) is 10. The molecule has 0 spiro atoms. The summed E-state index contributed by atoms with van der Waals surface area (Å²) in [6, 6.07) is 1.81. The number of nitrogens with zero attached hydrogens (tertiary/aromatic N) is 6. The fourth-order valence-electron chi connectivity index (χ4n) is 3.18. The normalized spacial score (nSPS) is 15.4. The van der Waals surface area contributed by atoms with Crippen molar-refractivity contribution in [3.05, 3.63) is 23.3 Å². The SMILES string of the molecule is CC(C(=O)NCc1cc2nc(-c3cnc(N)nc3)nc(N3CCOCC3)c2s1)N(C)C. The largest absolute Gasteiger partial charge is 0.378 e. The van der Waals surface area contributed by atoms with Crippen LogP contribution in [0.15, 0.2) is 18.5 Å². The number of carbonyl (C=O) groups excluding carboxylic acids is 1. The first-order valence-corrected chi connectivity index (χ1v) is 10.9. The van der Waals surface area contributed by atoms with Crippen LogP contribution in [0.25, 0.3) is 21.6 Å². The number of nitrogens with two attached hydrogens (primary N) is 1. The quantitative estimate of drug-likeness (QED) is 0.578. The zero-order valence-corrected chi connectivity index (χ0v) is 18.6. The average molecular weight is 443 g/mol. The molecule has 0 saturated carbocycles. The summed E-state index contributed by atoms with van der Waals surface area (Å²) in [5, 5.41) is 3.01. The molecule has 0 bridgehead atoms. The molecule has 4 rings (SSSR count). The van der Waals surface area contributed by atoms with Crippen LogP contribution in [0.5, 0.6) is 0 Å². The van der Waals surface area contributed by atoms with Crippen LogP contribution in [0, 0.1) is 0 Å². The molecule has 3 aromatic rings. The molecule has 164 valence electrons. The highest BCUT2D eigenvalue weighted by Gasteiger charge is 2.21. The van der Waals surface area contributed by atoms with Crippen molar-refractivity contribution in [1.29, 1.82) is 0 Å². The lowest BCUT2D eigenvalue weighted by Gasteiger charge is -2.28. The van der Waals surface area contributed by atoms with Crippen molar-refractivity contribution in [1.82, 2.24) is 30.2 Å². The molecule has 0 aliphatic carbocycles. The molecule has 4 heterocycles. The maximum Gasteiger partial charge on any atom is 0.237 e. The lowest BCUT2D eigenvalue weighted by Crippen LogP contribution is -2.40. The predicted octanol–water partition coefficient (Wildman–Crippen LogP) is 1.13. The van der Waals surface area contributed by atoms with Gasteiger partial charge in [0, 0.05) is 30.4 Å². The van der Waals surface area contributed by atoms with Crippen LogP contribution in [-0.2, 0) is 16.1 Å². The molecule has 1 aliphatic heterocycles. The molecule has 1 saturated heterocycles. The Morgan fingerprint density at radius 1 is 1.29 bits per heavy atom. The van der Waals surface area contributed by atoms with Crippen molar-refractivity contribution in [2.45, 2.75) is 19.5 Å². The van der Waals surface area contributed by atoms with Gasteiger partial charge in [0.15, 0.2) is 11.6 Å². The van der Waals surface area contributed by atoms with Crippen molar-refractivity contribution in [3.8, 4) is 11.4 Å². The third-order valence-electron chi connectivity index (χ3n) is 5.24. The molecule has 3 N–H and O–H groups in total. The summed E-state index contributed by atoms with van der Waals surface area (Å²) in [6.45, 7) is 5.15. The molecular weight excluding hydrogens is 416 g/mol. The lowest BCUT2D eigenvalue weighted by atomic mass is 10.2. The molecule has 1 aliphatic rings. The third-order valence-corrected chi connectivity index (χ3v) is 6.36. The van der Waals surface area contributed by atoms with Gasteiger partial charge in [-0.05, 0) is 27.1 Å². The Morgan fingerprint density at radius 2 is 2.00 bits per heavy atom. The second-order valence-corrected chi connectivity index (χ2v) is 8.72. The molecule has 1 fully saturated rings. The van der Waals surface area contributed by atoms with Crippen molar-refractivity contribution in [3.63, 3.8) is 0 Å². The zero-order valence-electron chi connectivity index (χ0n) is 17.8. The van der Waals surface area contributed by atoms with Gasteiger partial charge in [-0.25, -0.2) is 19.9 Å². The number of likely N-dealkylation sites (N-methyl/N-ethyl adjacent to an activating group) is 1. The minimum Gasteiger partial charge on any atom is -0.378 e. The Bertz CT molecular complexity index is 1060. The summed E-state index contributed by atoms with van der Waals surface area (Å²) in [7, 11) is 3.77. The van der Waals surface area contributed by atoms with Gasteiger partial charge in [0.1, 0.15) is 0 Å². The second-order valence-electron chi connectivity index (χ2n) is 7.58. The van der Waals surface area contributed by atoms with Gasteiger partial charge < -0.3 is 20.7 Å². The maximum absolute atomic E-state index is 12.3. The van der Waals surface area contributed by atoms with Gasteiger partial charge in [0.2, 0.25) is 11.9 Å². The molecule has 31 heavy (non-hydrogen) atoms. The average Bonchev–Trinajstić information content (AvgIpc) is 3.20. The highest BCUT2D eigenvalue weighted by molar-refractivity contribution is 7.19. The van der Waals surface area contributed by atoms with Gasteiger partial charge >= 0.3 is 0 Å². The topological polar surface area (TPSA) is 122 Å². The minimum absolute atomic E-state index is 0.0124. The van der Waals surface area contributed by atoms with Crippen LogP contribution in [0.1, 0.15) is 11.8 Å². The van der Waals surface area contributed by atoms with E-state index >= 15 is 0 Å². The van der Waals surface area contributed by atoms with Crippen LogP contribution in [-0.4, -0.2) is 77.2 Å². The van der Waals surface area contributed by atoms with E-state index in [1.165, 1.54) is 0 Å². The van der Waals surface area contributed by atoms with E-state index in [0.717, 1.165) is 34.0 Å². The standard InChI is InChI=1S/C20H26N8O2S/c1-12(27(2)3)19(29)22-11-14-8-15-16(31-14)18(28-4-6-30-7-5-28)26-17(25-15)13-9-23-20(21)24-10-13/h8-10,12H,4-7,11H2,1-3H3,(H,22,29)(H2,21,23,24). The van der Waals surface area contributed by atoms with Gasteiger partial charge in [-0.2, -0.15) is 0 Å². The Balaban J connectivity index is 1.68. The highest BCUT2D eigenvalue weighted by Crippen LogP contribution is 2.34. The Kier molecular flexibility index (Phi) is 6.25. The highest BCUT2D eigenvalue weighted by atomic mass is 32.1. The first-order chi connectivity index (χ1) is 14.9. The third kappa shape index (κ3) is 4.73. The van der Waals surface area contributed by atoms with Crippen molar-refractivity contribution >= 4 is 39.2 Å². The first-order valence-electron chi connectivity index (χ1n) is 10.1. The molecule has 1 amide bonds. The molecule has 3 aromatic heterocycles. The molecular formula is C20H26N8O2S. The number of morpholine rings is 1. The van der Waals surface area contributed by atoms with E-state index in [4.69, 9.17) is 20.4 Å². The fourth-order valence-corrected chi connectivity index (χ4v) is 4.23. The minimum atomic E-state index is -0.199. The van der Waals surface area contributed by atoms with E-state index in [1.54, 1.807) is 23.7 Å². The Hall–Kier alpha value is -2.89. The number of carbonyl (C=O) groups is 1. The van der Waals surface area contributed by atoms with E-state index in [1.807, 2.05) is 32.0 Å². The summed E-state index contributed by atoms with van der Waals surface area (Å²) >= 11 is 1.60. The van der Waals surface area contributed by atoms with E-state index in [9.17, 15) is 4.79 Å². The summed E-state index contributed by atoms with van der Waals surface area (Å²) < 4.78 is 6.50. The number of fused-ring (bicyclic) bond motifs is 1. The van der Waals surface area contributed by atoms with E-state index in [2.05, 4.69) is 20.2 Å². The van der Waals surface area contributed by atoms with Crippen LogP contribution >= 0.6 is 11.3 Å². The predicted molar refractivity (Wildman–Crippen MR) is 121 cm³/mol. The molecule has 10 nitrogen and oxygen atoms in total. The number of nitrogen functional groups attached to an aromatic ring is 1. The van der Waals surface area contributed by atoms with Gasteiger partial charge in [0.25, 0.3) is 0 Å². The monoisotopic (exact) mass is 442 g/mol. The van der Waals surface area contributed by atoms with Crippen LogP contribution in [0.4, 0.5) is 11.8 Å². The van der Waals surface area contributed by atoms with Gasteiger partial charge in [-0.1, -0.05) is 0 Å². The van der Waals surface area contributed by atoms with E-state index in [-0.39, 0.29) is 17.9 Å². The van der Waals surface area contributed by atoms with E-state index < -0.39 is 0 Å². The summed E-state index contributed by atoms with van der Waals surface area (Å²) in [5.41, 5.74) is 7.15. The maximum atomic E-state index is 12.3. The Labute approximate surface area is 184 Å². The van der Waals surface area contributed by atoms with Gasteiger partial charge in [-0.15, -0.1) is 11.3 Å². The van der Waals surface area contributed by atoms with Crippen LogP contribution in [0.2, 0.25) is 0 Å². The fraction of sp³-hybridized carbons (Fsp3) is 0.450.